The van der Waals surface area contributed by atoms with Gasteiger partial charge in [-0.15, -0.1) is 0 Å². The number of amides is 1. The van der Waals surface area contributed by atoms with E-state index < -0.39 is 9.84 Å². The number of aryl methyl sites for hydroxylation is 1. The van der Waals surface area contributed by atoms with Crippen LogP contribution in [0.15, 0.2) is 30.3 Å². The normalized spacial score (nSPS) is 20.5. The summed E-state index contributed by atoms with van der Waals surface area (Å²) in [6.07, 6.45) is 3.64. The van der Waals surface area contributed by atoms with Crippen molar-refractivity contribution in [1.29, 1.82) is 0 Å². The highest BCUT2D eigenvalue weighted by molar-refractivity contribution is 7.91. The van der Waals surface area contributed by atoms with E-state index in [-0.39, 0.29) is 23.5 Å². The summed E-state index contributed by atoms with van der Waals surface area (Å²) >= 11 is 6.49. The topological polar surface area (TPSA) is 84.7 Å². The van der Waals surface area contributed by atoms with Gasteiger partial charge in [0.25, 0.3) is 0 Å². The van der Waals surface area contributed by atoms with Crippen LogP contribution >= 0.6 is 11.6 Å². The van der Waals surface area contributed by atoms with Crippen LogP contribution in [0.4, 0.5) is 5.69 Å². The van der Waals surface area contributed by atoms with E-state index in [4.69, 9.17) is 16.3 Å². The van der Waals surface area contributed by atoms with Crippen LogP contribution in [0.2, 0.25) is 5.15 Å². The Morgan fingerprint density at radius 3 is 2.61 bits per heavy atom. The molecular formula is C23H29ClN4O4S. The molecule has 1 unspecified atom stereocenters. The highest BCUT2D eigenvalue weighted by Crippen LogP contribution is 2.30. The van der Waals surface area contributed by atoms with Crippen molar-refractivity contribution < 1.29 is 17.9 Å². The molecule has 33 heavy (non-hydrogen) atoms. The molecule has 10 heteroatoms. The number of ether oxygens (including phenoxy) is 1. The first-order valence-corrected chi connectivity index (χ1v) is 13.2. The van der Waals surface area contributed by atoms with E-state index in [0.29, 0.717) is 29.4 Å². The van der Waals surface area contributed by atoms with Crippen LogP contribution in [-0.2, 0) is 25.9 Å². The fraction of sp³-hybridized carbons (Fsp3) is 0.478. The molecule has 0 spiro atoms. The molecule has 0 aliphatic carbocycles. The van der Waals surface area contributed by atoms with E-state index in [9.17, 15) is 13.2 Å². The van der Waals surface area contributed by atoms with Crippen LogP contribution in [0.25, 0.3) is 6.08 Å². The molecule has 1 aromatic carbocycles. The third kappa shape index (κ3) is 5.59. The molecule has 178 valence electrons. The smallest absolute Gasteiger partial charge is 0.246 e. The molecule has 8 nitrogen and oxygen atoms in total. The minimum atomic E-state index is -3.05. The third-order valence-corrected chi connectivity index (χ3v) is 8.25. The van der Waals surface area contributed by atoms with Crippen LogP contribution in [0.3, 0.4) is 0 Å². The molecule has 2 aliphatic heterocycles. The first kappa shape index (κ1) is 23.8. The van der Waals surface area contributed by atoms with Gasteiger partial charge in [0.05, 0.1) is 36.5 Å². The molecule has 0 radical (unpaired) electrons. The lowest BCUT2D eigenvalue weighted by Crippen LogP contribution is -2.36. The van der Waals surface area contributed by atoms with Gasteiger partial charge in [0.15, 0.2) is 9.84 Å². The lowest BCUT2D eigenvalue weighted by Gasteiger charge is -2.29. The maximum atomic E-state index is 12.7. The zero-order chi connectivity index (χ0) is 23.6. The van der Waals surface area contributed by atoms with Crippen molar-refractivity contribution in [1.82, 2.24) is 14.7 Å². The van der Waals surface area contributed by atoms with Gasteiger partial charge in [-0.2, -0.15) is 5.10 Å². The van der Waals surface area contributed by atoms with Crippen LogP contribution in [-0.4, -0.2) is 73.9 Å². The van der Waals surface area contributed by atoms with Crippen molar-refractivity contribution in [3.8, 4) is 0 Å². The standard InChI is InChI=1S/C23H29ClN4O4S/c1-17-21(23(24)28(25-17)20-9-14-33(30,31)16-20)7-8-22(29)26(2)15-18-3-5-19(6-4-18)27-10-12-32-13-11-27/h3-8,20H,9-16H2,1-2H3/b8-7+. The third-order valence-electron chi connectivity index (χ3n) is 6.13. The first-order valence-electron chi connectivity index (χ1n) is 11.0. The lowest BCUT2D eigenvalue weighted by molar-refractivity contribution is -0.125. The number of aromatic nitrogens is 2. The number of rotatable bonds is 6. The van der Waals surface area contributed by atoms with Gasteiger partial charge in [0.1, 0.15) is 5.15 Å². The van der Waals surface area contributed by atoms with Gasteiger partial charge >= 0.3 is 0 Å². The Hall–Kier alpha value is -2.36. The predicted molar refractivity (Wildman–Crippen MR) is 129 cm³/mol. The van der Waals surface area contributed by atoms with Gasteiger partial charge in [-0.1, -0.05) is 23.7 Å². The SMILES string of the molecule is Cc1nn(C2CCS(=O)(=O)C2)c(Cl)c1/C=C/C(=O)N(C)Cc1ccc(N2CCOCC2)cc1. The van der Waals surface area contributed by atoms with E-state index >= 15 is 0 Å². The minimum absolute atomic E-state index is 0.0446. The average molecular weight is 493 g/mol. The number of hydrogen-bond donors (Lipinski definition) is 0. The quantitative estimate of drug-likeness (QED) is 0.576. The number of hydrogen-bond acceptors (Lipinski definition) is 6. The summed E-state index contributed by atoms with van der Waals surface area (Å²) in [4.78, 5) is 16.6. The van der Waals surface area contributed by atoms with E-state index in [1.165, 1.54) is 6.08 Å². The Bertz CT molecular complexity index is 1140. The fourth-order valence-corrected chi connectivity index (χ4v) is 6.27. The molecule has 0 bridgehead atoms. The van der Waals surface area contributed by atoms with E-state index in [1.54, 1.807) is 29.6 Å². The number of sulfone groups is 1. The molecule has 2 fully saturated rings. The monoisotopic (exact) mass is 492 g/mol. The minimum Gasteiger partial charge on any atom is -0.378 e. The predicted octanol–water partition coefficient (Wildman–Crippen LogP) is 2.71. The summed E-state index contributed by atoms with van der Waals surface area (Å²) in [5.41, 5.74) is 3.50. The second kappa shape index (κ2) is 9.87. The molecule has 3 heterocycles. The molecule has 0 N–H and O–H groups in total. The first-order chi connectivity index (χ1) is 15.7. The second-order valence-corrected chi connectivity index (χ2v) is 11.2. The van der Waals surface area contributed by atoms with Crippen molar-refractivity contribution in [3.05, 3.63) is 52.3 Å². The van der Waals surface area contributed by atoms with Crippen LogP contribution in [0.1, 0.15) is 29.3 Å². The number of morpholine rings is 1. The Morgan fingerprint density at radius 2 is 1.97 bits per heavy atom. The number of nitrogens with zero attached hydrogens (tertiary/aromatic N) is 4. The maximum Gasteiger partial charge on any atom is 0.246 e. The molecule has 1 amide bonds. The Balaban J connectivity index is 1.38. The molecule has 1 aromatic heterocycles. The zero-order valence-corrected chi connectivity index (χ0v) is 20.5. The number of carbonyl (C=O) groups is 1. The highest BCUT2D eigenvalue weighted by Gasteiger charge is 2.31. The van der Waals surface area contributed by atoms with Crippen molar-refractivity contribution in [2.75, 3.05) is 49.8 Å². The molecule has 1 atom stereocenters. The summed E-state index contributed by atoms with van der Waals surface area (Å²) < 4.78 is 30.6. The van der Waals surface area contributed by atoms with Crippen molar-refractivity contribution in [2.45, 2.75) is 25.9 Å². The van der Waals surface area contributed by atoms with Crippen molar-refractivity contribution >= 4 is 39.1 Å². The lowest BCUT2D eigenvalue weighted by atomic mass is 10.1. The number of likely N-dealkylation sites (N-methyl/N-ethyl adjacent to an activating group) is 1. The Morgan fingerprint density at radius 1 is 1.27 bits per heavy atom. The highest BCUT2D eigenvalue weighted by atomic mass is 35.5. The van der Waals surface area contributed by atoms with E-state index in [2.05, 4.69) is 22.1 Å². The number of carbonyl (C=O) groups excluding carboxylic acids is 1. The summed E-state index contributed by atoms with van der Waals surface area (Å²) in [6, 6.07) is 7.98. The van der Waals surface area contributed by atoms with Gasteiger partial charge in [-0.3, -0.25) is 4.79 Å². The van der Waals surface area contributed by atoms with Crippen molar-refractivity contribution in [2.24, 2.45) is 0 Å². The largest absolute Gasteiger partial charge is 0.378 e. The van der Waals surface area contributed by atoms with Crippen LogP contribution < -0.4 is 4.90 Å². The van der Waals surface area contributed by atoms with Crippen LogP contribution in [0, 0.1) is 6.92 Å². The van der Waals surface area contributed by atoms with E-state index in [0.717, 1.165) is 37.6 Å². The molecule has 2 aromatic rings. The fourth-order valence-electron chi connectivity index (χ4n) is 4.20. The molecular weight excluding hydrogens is 464 g/mol. The van der Waals surface area contributed by atoms with E-state index in [1.807, 2.05) is 12.1 Å². The number of halogens is 1. The molecule has 0 saturated carbocycles. The Kier molecular flexibility index (Phi) is 7.11. The summed E-state index contributed by atoms with van der Waals surface area (Å²) in [5, 5.41) is 4.79. The van der Waals surface area contributed by atoms with Gasteiger partial charge < -0.3 is 14.5 Å². The number of benzene rings is 1. The summed E-state index contributed by atoms with van der Waals surface area (Å²) in [5.74, 6) is 0.0385. The summed E-state index contributed by atoms with van der Waals surface area (Å²) in [6.45, 7) is 5.55. The van der Waals surface area contributed by atoms with Crippen LogP contribution in [0.5, 0.6) is 0 Å². The molecule has 4 rings (SSSR count). The zero-order valence-electron chi connectivity index (χ0n) is 18.9. The van der Waals surface area contributed by atoms with Gasteiger partial charge in [-0.25, -0.2) is 13.1 Å². The van der Waals surface area contributed by atoms with Gasteiger partial charge in [0.2, 0.25) is 5.91 Å². The summed E-state index contributed by atoms with van der Waals surface area (Å²) in [7, 11) is -1.29. The molecule has 2 saturated heterocycles. The number of anilines is 1. The van der Waals surface area contributed by atoms with Gasteiger partial charge in [0, 0.05) is 44.0 Å². The maximum absolute atomic E-state index is 12.7. The second-order valence-electron chi connectivity index (χ2n) is 8.58. The van der Waals surface area contributed by atoms with Crippen molar-refractivity contribution in [3.63, 3.8) is 0 Å². The average Bonchev–Trinajstić information content (AvgIpc) is 3.30. The Labute approximate surface area is 199 Å². The van der Waals surface area contributed by atoms with Gasteiger partial charge in [-0.05, 0) is 37.1 Å². The molecule has 2 aliphatic rings.